The molecule has 1 aromatic heterocycles. The first-order chi connectivity index (χ1) is 14.6. The minimum atomic E-state index is -0.328. The van der Waals surface area contributed by atoms with Crippen molar-refractivity contribution in [2.24, 2.45) is 0 Å². The number of nitrogens with zero attached hydrogens (tertiary/aromatic N) is 1. The quantitative estimate of drug-likeness (QED) is 0.473. The zero-order valence-electron chi connectivity index (χ0n) is 16.4. The van der Waals surface area contributed by atoms with Crippen LogP contribution in [0, 0.1) is 0 Å². The number of ketones is 1. The molecule has 0 fully saturated rings. The number of aromatic nitrogens is 1. The van der Waals surface area contributed by atoms with E-state index in [-0.39, 0.29) is 11.7 Å². The van der Waals surface area contributed by atoms with Gasteiger partial charge in [-0.3, -0.25) is 14.9 Å². The Morgan fingerprint density at radius 1 is 1.07 bits per heavy atom. The van der Waals surface area contributed by atoms with Crippen LogP contribution < -0.4 is 14.8 Å². The molecule has 0 atom stereocenters. The van der Waals surface area contributed by atoms with Gasteiger partial charge < -0.3 is 9.47 Å². The average Bonchev–Trinajstić information content (AvgIpc) is 3.03. The third-order valence-electron chi connectivity index (χ3n) is 4.42. The predicted octanol–water partition coefficient (Wildman–Crippen LogP) is 4.83. The van der Waals surface area contributed by atoms with Gasteiger partial charge in [-0.25, -0.2) is 4.98 Å². The molecule has 152 valence electrons. The molecule has 3 aromatic rings. The Morgan fingerprint density at radius 2 is 1.83 bits per heavy atom. The maximum absolute atomic E-state index is 12.4. The Hall–Kier alpha value is -3.45. The Bertz CT molecular complexity index is 1110. The van der Waals surface area contributed by atoms with Crippen molar-refractivity contribution >= 4 is 34.2 Å². The molecule has 30 heavy (non-hydrogen) atoms. The van der Waals surface area contributed by atoms with Gasteiger partial charge in [0.1, 0.15) is 0 Å². The maximum atomic E-state index is 12.4. The number of amides is 1. The highest BCUT2D eigenvalue weighted by atomic mass is 32.1. The van der Waals surface area contributed by atoms with Crippen molar-refractivity contribution in [2.45, 2.75) is 13.3 Å². The summed E-state index contributed by atoms with van der Waals surface area (Å²) in [5.41, 5.74) is 2.24. The van der Waals surface area contributed by atoms with Crippen molar-refractivity contribution < 1.29 is 19.1 Å². The third kappa shape index (κ3) is 4.58. The Labute approximate surface area is 178 Å². The van der Waals surface area contributed by atoms with Crippen molar-refractivity contribution in [1.82, 2.24) is 4.98 Å². The first kappa shape index (κ1) is 19.8. The van der Waals surface area contributed by atoms with Gasteiger partial charge in [-0.2, -0.15) is 0 Å². The van der Waals surface area contributed by atoms with E-state index >= 15 is 0 Å². The van der Waals surface area contributed by atoms with Gasteiger partial charge in [-0.1, -0.05) is 47.7 Å². The minimum absolute atomic E-state index is 0.0883. The number of thiazole rings is 1. The first-order valence-corrected chi connectivity index (χ1v) is 10.4. The van der Waals surface area contributed by atoms with E-state index in [0.29, 0.717) is 40.4 Å². The Balaban J connectivity index is 1.49. The van der Waals surface area contributed by atoms with Gasteiger partial charge in [-0.15, -0.1) is 0 Å². The van der Waals surface area contributed by atoms with Crippen LogP contribution in [0.3, 0.4) is 0 Å². The summed E-state index contributed by atoms with van der Waals surface area (Å²) in [7, 11) is 0. The molecule has 1 aliphatic heterocycles. The molecule has 4 rings (SSSR count). The lowest BCUT2D eigenvalue weighted by molar-refractivity contribution is -0.111. The van der Waals surface area contributed by atoms with Crippen LogP contribution in [0.4, 0.5) is 5.13 Å². The topological polar surface area (TPSA) is 77.5 Å². The minimum Gasteiger partial charge on any atom is -0.490 e. The SMILES string of the molecule is CC(=O)c1sc(NC(=O)/C=C/c2ccc3c(c2)OCCCO3)nc1-c1ccccc1. The molecule has 2 aromatic carbocycles. The van der Waals surface area contributed by atoms with Crippen LogP contribution in [0.25, 0.3) is 17.3 Å². The number of rotatable bonds is 5. The zero-order valence-corrected chi connectivity index (χ0v) is 17.2. The Kier molecular flexibility index (Phi) is 5.90. The lowest BCUT2D eigenvalue weighted by Gasteiger charge is -2.07. The molecule has 0 radical (unpaired) electrons. The molecule has 0 aliphatic carbocycles. The first-order valence-electron chi connectivity index (χ1n) is 9.56. The van der Waals surface area contributed by atoms with Crippen molar-refractivity contribution in [3.05, 3.63) is 65.0 Å². The predicted molar refractivity (Wildman–Crippen MR) is 117 cm³/mol. The summed E-state index contributed by atoms with van der Waals surface area (Å²) in [6.45, 7) is 2.73. The largest absolute Gasteiger partial charge is 0.490 e. The summed E-state index contributed by atoms with van der Waals surface area (Å²) >= 11 is 1.17. The van der Waals surface area contributed by atoms with Crippen molar-refractivity contribution in [3.63, 3.8) is 0 Å². The van der Waals surface area contributed by atoms with Gasteiger partial charge >= 0.3 is 0 Å². The second-order valence-electron chi connectivity index (χ2n) is 6.70. The van der Waals surface area contributed by atoms with Gasteiger partial charge in [-0.05, 0) is 23.8 Å². The van der Waals surface area contributed by atoms with Gasteiger partial charge in [0.15, 0.2) is 22.4 Å². The van der Waals surface area contributed by atoms with E-state index in [2.05, 4.69) is 10.3 Å². The summed E-state index contributed by atoms with van der Waals surface area (Å²) in [6, 6.07) is 15.0. The van der Waals surface area contributed by atoms with Crippen LogP contribution in [0.1, 0.15) is 28.6 Å². The van der Waals surface area contributed by atoms with Crippen LogP contribution in [0.5, 0.6) is 11.5 Å². The lowest BCUT2D eigenvalue weighted by Crippen LogP contribution is -2.07. The molecule has 0 bridgehead atoms. The fraction of sp³-hybridized carbons (Fsp3) is 0.174. The number of fused-ring (bicyclic) bond motifs is 1. The van der Waals surface area contributed by atoms with Crippen molar-refractivity contribution in [3.8, 4) is 22.8 Å². The number of Topliss-reactive ketones (excluding diaryl/α,β-unsaturated/α-hetero) is 1. The maximum Gasteiger partial charge on any atom is 0.250 e. The molecule has 1 N–H and O–H groups in total. The van der Waals surface area contributed by atoms with E-state index in [1.54, 1.807) is 6.08 Å². The normalized spacial score (nSPS) is 13.1. The number of carbonyl (C=O) groups is 2. The molecule has 0 spiro atoms. The molecule has 2 heterocycles. The molecule has 1 amide bonds. The molecule has 0 saturated carbocycles. The third-order valence-corrected chi connectivity index (χ3v) is 5.49. The van der Waals surface area contributed by atoms with Crippen LogP contribution in [-0.2, 0) is 4.79 Å². The van der Waals surface area contributed by atoms with Crippen LogP contribution in [-0.4, -0.2) is 29.9 Å². The van der Waals surface area contributed by atoms with Gasteiger partial charge in [0.05, 0.1) is 23.8 Å². The molecular formula is C23H20N2O4S. The number of benzene rings is 2. The molecule has 0 saturated heterocycles. The van der Waals surface area contributed by atoms with Gasteiger partial charge in [0.25, 0.3) is 0 Å². The summed E-state index contributed by atoms with van der Waals surface area (Å²) in [5, 5.41) is 3.13. The number of hydrogen-bond donors (Lipinski definition) is 1. The smallest absolute Gasteiger partial charge is 0.250 e. The van der Waals surface area contributed by atoms with Crippen LogP contribution >= 0.6 is 11.3 Å². The number of hydrogen-bond acceptors (Lipinski definition) is 6. The number of ether oxygens (including phenoxy) is 2. The summed E-state index contributed by atoms with van der Waals surface area (Å²) in [4.78, 5) is 29.4. The zero-order chi connectivity index (χ0) is 20.9. The number of anilines is 1. The van der Waals surface area contributed by atoms with E-state index in [1.807, 2.05) is 48.5 Å². The van der Waals surface area contributed by atoms with E-state index in [9.17, 15) is 9.59 Å². The fourth-order valence-electron chi connectivity index (χ4n) is 3.01. The molecule has 7 heteroatoms. The highest BCUT2D eigenvalue weighted by Gasteiger charge is 2.17. The highest BCUT2D eigenvalue weighted by molar-refractivity contribution is 7.18. The number of nitrogens with one attached hydrogen (secondary N) is 1. The van der Waals surface area contributed by atoms with Gasteiger partial charge in [0.2, 0.25) is 5.91 Å². The lowest BCUT2D eigenvalue weighted by atomic mass is 10.1. The van der Waals surface area contributed by atoms with Crippen molar-refractivity contribution in [1.29, 1.82) is 0 Å². The monoisotopic (exact) mass is 420 g/mol. The van der Waals surface area contributed by atoms with E-state index < -0.39 is 0 Å². The van der Waals surface area contributed by atoms with Crippen LogP contribution in [0.2, 0.25) is 0 Å². The summed E-state index contributed by atoms with van der Waals surface area (Å²) in [5.74, 6) is 0.968. The second kappa shape index (κ2) is 8.92. The Morgan fingerprint density at radius 3 is 2.60 bits per heavy atom. The standard InChI is InChI=1S/C23H20N2O4S/c1-15(26)22-21(17-6-3-2-4-7-17)25-23(30-22)24-20(27)11-9-16-8-10-18-19(14-16)29-13-5-12-28-18/h2-4,6-11,14H,5,12-13H2,1H3,(H,24,25,27)/b11-9+. The van der Waals surface area contributed by atoms with Crippen molar-refractivity contribution in [2.75, 3.05) is 18.5 Å². The molecule has 0 unspecified atom stereocenters. The second-order valence-corrected chi connectivity index (χ2v) is 7.70. The fourth-order valence-corrected chi connectivity index (χ4v) is 3.89. The van der Waals surface area contributed by atoms with Crippen LogP contribution in [0.15, 0.2) is 54.6 Å². The van der Waals surface area contributed by atoms with E-state index in [1.165, 1.54) is 24.3 Å². The van der Waals surface area contributed by atoms with E-state index in [4.69, 9.17) is 9.47 Å². The summed E-state index contributed by atoms with van der Waals surface area (Å²) < 4.78 is 11.3. The molecular weight excluding hydrogens is 400 g/mol. The molecule has 6 nitrogen and oxygen atoms in total. The van der Waals surface area contributed by atoms with Gasteiger partial charge in [0, 0.05) is 25.0 Å². The van der Waals surface area contributed by atoms with E-state index in [0.717, 1.165) is 17.5 Å². The summed E-state index contributed by atoms with van der Waals surface area (Å²) in [6.07, 6.45) is 3.96. The highest BCUT2D eigenvalue weighted by Crippen LogP contribution is 2.32. The molecule has 1 aliphatic rings. The average molecular weight is 420 g/mol. The number of carbonyl (C=O) groups excluding carboxylic acids is 2.